The number of benzene rings is 1. The van der Waals surface area contributed by atoms with Gasteiger partial charge in [0, 0.05) is 49.7 Å². The topological polar surface area (TPSA) is 105 Å². The quantitative estimate of drug-likeness (QED) is 0.419. The average molecular weight is 459 g/mol. The standard InChI is InChI=1S/C25H30N8O/c1-15-24(20-11-9-19(14-26)10-12-20)31-32(7)25(15)29-21(27-5)13-22(28-6)33-17(3)23(16(2)30-33)18(4)34-8/h9-13,18,29H,5H2,1-4,6-8H3/b21-13+,28-22+. The van der Waals surface area contributed by atoms with E-state index in [0.717, 1.165) is 39.6 Å². The third-order valence-electron chi connectivity index (χ3n) is 5.81. The van der Waals surface area contributed by atoms with Gasteiger partial charge < -0.3 is 10.1 Å². The van der Waals surface area contributed by atoms with Crippen molar-refractivity contribution in [2.45, 2.75) is 33.8 Å². The van der Waals surface area contributed by atoms with Crippen molar-refractivity contribution < 1.29 is 4.74 Å². The van der Waals surface area contributed by atoms with Gasteiger partial charge in [0.2, 0.25) is 0 Å². The predicted molar refractivity (Wildman–Crippen MR) is 135 cm³/mol. The number of anilines is 1. The highest BCUT2D eigenvalue weighted by Crippen LogP contribution is 2.29. The fourth-order valence-electron chi connectivity index (χ4n) is 3.95. The van der Waals surface area contributed by atoms with E-state index in [4.69, 9.17) is 10.00 Å². The van der Waals surface area contributed by atoms with Crippen LogP contribution in [0.5, 0.6) is 0 Å². The van der Waals surface area contributed by atoms with Gasteiger partial charge in [0.05, 0.1) is 29.1 Å². The molecule has 9 nitrogen and oxygen atoms in total. The molecule has 0 aliphatic rings. The molecule has 1 atom stereocenters. The van der Waals surface area contributed by atoms with Crippen molar-refractivity contribution in [3.05, 3.63) is 64.2 Å². The first-order valence-electron chi connectivity index (χ1n) is 10.8. The van der Waals surface area contributed by atoms with E-state index < -0.39 is 0 Å². The van der Waals surface area contributed by atoms with Crippen LogP contribution in [0.3, 0.4) is 0 Å². The molecule has 3 rings (SSSR count). The summed E-state index contributed by atoms with van der Waals surface area (Å²) in [4.78, 5) is 8.60. The van der Waals surface area contributed by atoms with E-state index in [1.807, 2.05) is 46.9 Å². The summed E-state index contributed by atoms with van der Waals surface area (Å²) in [5.74, 6) is 1.89. The van der Waals surface area contributed by atoms with Crippen molar-refractivity contribution in [1.82, 2.24) is 19.6 Å². The lowest BCUT2D eigenvalue weighted by molar-refractivity contribution is 0.118. The van der Waals surface area contributed by atoms with Crippen molar-refractivity contribution in [2.75, 3.05) is 19.5 Å². The third-order valence-corrected chi connectivity index (χ3v) is 5.81. The van der Waals surface area contributed by atoms with Crippen molar-refractivity contribution >= 4 is 18.4 Å². The molecule has 9 heteroatoms. The van der Waals surface area contributed by atoms with Crippen LogP contribution in [0.2, 0.25) is 0 Å². The summed E-state index contributed by atoms with van der Waals surface area (Å²) in [5.41, 5.74) is 6.17. The fourth-order valence-corrected chi connectivity index (χ4v) is 3.95. The average Bonchev–Trinajstić information content (AvgIpc) is 3.30. The Kier molecular flexibility index (Phi) is 7.44. The number of rotatable bonds is 7. The van der Waals surface area contributed by atoms with E-state index in [1.54, 1.807) is 41.7 Å². The van der Waals surface area contributed by atoms with Gasteiger partial charge in [-0.3, -0.25) is 9.67 Å². The molecule has 34 heavy (non-hydrogen) atoms. The van der Waals surface area contributed by atoms with Crippen molar-refractivity contribution in [2.24, 2.45) is 17.0 Å². The summed E-state index contributed by atoms with van der Waals surface area (Å²) >= 11 is 0. The Morgan fingerprint density at radius 1 is 1.24 bits per heavy atom. The second-order valence-corrected chi connectivity index (χ2v) is 7.90. The lowest BCUT2D eigenvalue weighted by Gasteiger charge is -2.12. The number of nitriles is 1. The number of hydrogen-bond donors (Lipinski definition) is 1. The number of aliphatic imine (C=N–C) groups is 2. The van der Waals surface area contributed by atoms with Gasteiger partial charge in [0.1, 0.15) is 11.6 Å². The molecule has 0 amide bonds. The van der Waals surface area contributed by atoms with E-state index in [-0.39, 0.29) is 6.10 Å². The van der Waals surface area contributed by atoms with Crippen LogP contribution in [0.15, 0.2) is 46.1 Å². The Bertz CT molecular complexity index is 1300. The van der Waals surface area contributed by atoms with Crippen molar-refractivity contribution in [3.63, 3.8) is 0 Å². The SMILES string of the molecule is C=N/C(=C\C(=N/C)n1nc(C)c(C(C)OC)c1C)Nc1c(C)c(-c2ccc(C#N)cc2)nn1C. The molecular weight excluding hydrogens is 428 g/mol. The fraction of sp³-hybridized carbons (Fsp3) is 0.320. The van der Waals surface area contributed by atoms with Crippen LogP contribution >= 0.6 is 0 Å². The number of nitrogens with zero attached hydrogens (tertiary/aromatic N) is 7. The van der Waals surface area contributed by atoms with E-state index >= 15 is 0 Å². The first-order chi connectivity index (χ1) is 16.2. The van der Waals surface area contributed by atoms with Crippen molar-refractivity contribution in [1.29, 1.82) is 5.26 Å². The van der Waals surface area contributed by atoms with E-state index in [0.29, 0.717) is 17.2 Å². The van der Waals surface area contributed by atoms with Crippen LogP contribution in [0.1, 0.15) is 41.1 Å². The van der Waals surface area contributed by atoms with Crippen molar-refractivity contribution in [3.8, 4) is 17.3 Å². The molecule has 176 valence electrons. The molecule has 0 spiro atoms. The number of methoxy groups -OCH3 is 1. The monoisotopic (exact) mass is 458 g/mol. The summed E-state index contributed by atoms with van der Waals surface area (Å²) in [7, 11) is 5.25. The molecule has 1 unspecified atom stereocenters. The first kappa shape index (κ1) is 24.6. The van der Waals surface area contributed by atoms with Gasteiger partial charge in [-0.25, -0.2) is 9.67 Å². The smallest absolute Gasteiger partial charge is 0.152 e. The largest absolute Gasteiger partial charge is 0.377 e. The molecule has 1 aromatic carbocycles. The zero-order chi connectivity index (χ0) is 25.0. The number of allylic oxidation sites excluding steroid dienone is 1. The zero-order valence-electron chi connectivity index (χ0n) is 20.7. The van der Waals surface area contributed by atoms with Gasteiger partial charge in [-0.15, -0.1) is 0 Å². The second kappa shape index (κ2) is 10.3. The molecule has 0 aliphatic carbocycles. The highest BCUT2D eigenvalue weighted by molar-refractivity contribution is 5.95. The molecule has 0 fully saturated rings. The Hall–Kier alpha value is -4.03. The number of hydrogen-bond acceptors (Lipinski definition) is 7. The Morgan fingerprint density at radius 3 is 2.47 bits per heavy atom. The predicted octanol–water partition coefficient (Wildman–Crippen LogP) is 4.32. The van der Waals surface area contributed by atoms with Crippen LogP contribution < -0.4 is 5.32 Å². The van der Waals surface area contributed by atoms with E-state index in [9.17, 15) is 0 Å². The van der Waals surface area contributed by atoms with Crippen LogP contribution in [0.25, 0.3) is 11.3 Å². The molecule has 2 heterocycles. The Labute approximate surface area is 200 Å². The van der Waals surface area contributed by atoms with E-state index in [2.05, 4.69) is 38.3 Å². The maximum absolute atomic E-state index is 9.05. The minimum absolute atomic E-state index is 0.0799. The summed E-state index contributed by atoms with van der Waals surface area (Å²) < 4.78 is 9.05. The van der Waals surface area contributed by atoms with Gasteiger partial charge in [0.15, 0.2) is 5.84 Å². The molecule has 0 saturated heterocycles. The minimum Gasteiger partial charge on any atom is -0.377 e. The van der Waals surface area contributed by atoms with Gasteiger partial charge in [-0.2, -0.15) is 15.5 Å². The van der Waals surface area contributed by atoms with Crippen LogP contribution in [-0.2, 0) is 11.8 Å². The first-order valence-corrected chi connectivity index (χ1v) is 10.8. The highest BCUT2D eigenvalue weighted by Gasteiger charge is 2.20. The molecule has 2 aromatic heterocycles. The van der Waals surface area contributed by atoms with Gasteiger partial charge >= 0.3 is 0 Å². The molecular formula is C25H30N8O. The van der Waals surface area contributed by atoms with Gasteiger partial charge in [-0.05, 0) is 46.5 Å². The van der Waals surface area contributed by atoms with Gasteiger partial charge in [-0.1, -0.05) is 12.1 Å². The lowest BCUT2D eigenvalue weighted by Crippen LogP contribution is -2.16. The second-order valence-electron chi connectivity index (χ2n) is 7.90. The molecule has 0 bridgehead atoms. The zero-order valence-corrected chi connectivity index (χ0v) is 20.7. The number of nitrogens with one attached hydrogen (secondary N) is 1. The molecule has 0 saturated carbocycles. The molecule has 0 aliphatic heterocycles. The Balaban J connectivity index is 1.96. The number of ether oxygens (including phenoxy) is 1. The minimum atomic E-state index is -0.0799. The maximum atomic E-state index is 9.05. The summed E-state index contributed by atoms with van der Waals surface area (Å²) in [6.07, 6.45) is 1.71. The molecule has 3 aromatic rings. The van der Waals surface area contributed by atoms with Gasteiger partial charge in [0.25, 0.3) is 0 Å². The van der Waals surface area contributed by atoms with E-state index in [1.165, 1.54) is 0 Å². The van der Waals surface area contributed by atoms with Crippen LogP contribution in [0, 0.1) is 32.1 Å². The summed E-state index contributed by atoms with van der Waals surface area (Å²) in [6, 6.07) is 9.48. The molecule has 0 radical (unpaired) electrons. The highest BCUT2D eigenvalue weighted by atomic mass is 16.5. The number of aryl methyl sites for hydroxylation is 2. The van der Waals surface area contributed by atoms with Crippen LogP contribution in [0.4, 0.5) is 5.82 Å². The normalized spacial score (nSPS) is 13.0. The number of aromatic nitrogens is 4. The maximum Gasteiger partial charge on any atom is 0.152 e. The summed E-state index contributed by atoms with van der Waals surface area (Å²) in [5, 5.41) is 21.7. The van der Waals surface area contributed by atoms with Crippen LogP contribution in [-0.4, -0.2) is 46.3 Å². The third kappa shape index (κ3) is 4.67. The summed E-state index contributed by atoms with van der Waals surface area (Å²) in [6.45, 7) is 11.7. The Morgan fingerprint density at radius 2 is 1.91 bits per heavy atom. The molecule has 1 N–H and O–H groups in total. The lowest BCUT2D eigenvalue weighted by atomic mass is 10.1.